The van der Waals surface area contributed by atoms with Gasteiger partial charge in [0, 0.05) is 10.6 Å². The van der Waals surface area contributed by atoms with E-state index in [1.165, 1.54) is 11.3 Å². The molecule has 1 aromatic carbocycles. The van der Waals surface area contributed by atoms with Gasteiger partial charge in [-0.2, -0.15) is 0 Å². The number of carbonyl (C=O) groups is 1. The maximum Gasteiger partial charge on any atom is 0.308 e. The molecule has 0 bridgehead atoms. The lowest BCUT2D eigenvalue weighted by atomic mass is 10.2. The Morgan fingerprint density at radius 2 is 2.29 bits per heavy atom. The summed E-state index contributed by atoms with van der Waals surface area (Å²) in [5.41, 5.74) is 0.889. The van der Waals surface area contributed by atoms with Gasteiger partial charge in [0.2, 0.25) is 0 Å². The zero-order chi connectivity index (χ0) is 12.4. The molecule has 0 saturated carbocycles. The predicted octanol–water partition coefficient (Wildman–Crippen LogP) is 3.85. The lowest BCUT2D eigenvalue weighted by molar-refractivity contribution is -0.136. The maximum atomic E-state index is 10.7. The molecular formula is C11H7BrClNO2S. The monoisotopic (exact) mass is 331 g/mol. The zero-order valence-corrected chi connectivity index (χ0v) is 11.6. The number of hydrogen-bond acceptors (Lipinski definition) is 3. The number of aromatic nitrogens is 1. The van der Waals surface area contributed by atoms with Crippen molar-refractivity contribution in [1.82, 2.24) is 4.98 Å². The van der Waals surface area contributed by atoms with E-state index in [9.17, 15) is 4.79 Å². The molecule has 0 spiro atoms. The van der Waals surface area contributed by atoms with E-state index in [0.29, 0.717) is 14.5 Å². The summed E-state index contributed by atoms with van der Waals surface area (Å²) >= 11 is 10.5. The van der Waals surface area contributed by atoms with Crippen LogP contribution in [0.2, 0.25) is 5.02 Å². The van der Waals surface area contributed by atoms with Crippen LogP contribution in [0.1, 0.15) is 4.88 Å². The average Bonchev–Trinajstić information content (AvgIpc) is 2.59. The first-order chi connectivity index (χ1) is 8.06. The van der Waals surface area contributed by atoms with E-state index in [-0.39, 0.29) is 6.42 Å². The summed E-state index contributed by atoms with van der Waals surface area (Å²) in [6.07, 6.45) is -0.0290. The Morgan fingerprint density at radius 1 is 1.53 bits per heavy atom. The highest BCUT2D eigenvalue weighted by Crippen LogP contribution is 2.32. The minimum absolute atomic E-state index is 0.0290. The standard InChI is InChI=1S/C11H7BrClNO2S/c12-10-8(5-9(15)16)17-11(14-10)6-2-1-3-7(13)4-6/h1-4H,5H2,(H,15,16). The molecule has 0 aliphatic heterocycles. The molecule has 0 aliphatic carbocycles. The minimum Gasteiger partial charge on any atom is -0.481 e. The molecule has 88 valence electrons. The Labute approximate surface area is 115 Å². The molecule has 0 fully saturated rings. The Morgan fingerprint density at radius 3 is 2.94 bits per heavy atom. The van der Waals surface area contributed by atoms with Gasteiger partial charge >= 0.3 is 5.97 Å². The number of carboxylic acids is 1. The second-order valence-electron chi connectivity index (χ2n) is 3.31. The molecule has 1 aromatic heterocycles. The smallest absolute Gasteiger partial charge is 0.308 e. The van der Waals surface area contributed by atoms with Crippen molar-refractivity contribution < 1.29 is 9.90 Å². The molecule has 0 unspecified atom stereocenters. The van der Waals surface area contributed by atoms with E-state index in [1.807, 2.05) is 12.1 Å². The predicted molar refractivity (Wildman–Crippen MR) is 71.6 cm³/mol. The van der Waals surface area contributed by atoms with E-state index in [4.69, 9.17) is 16.7 Å². The molecule has 6 heteroatoms. The van der Waals surface area contributed by atoms with Gasteiger partial charge in [0.15, 0.2) is 0 Å². The third kappa shape index (κ3) is 3.06. The molecular weight excluding hydrogens is 326 g/mol. The Kier molecular flexibility index (Phi) is 3.81. The molecule has 1 N–H and O–H groups in total. The van der Waals surface area contributed by atoms with Crippen LogP contribution in [0.4, 0.5) is 0 Å². The summed E-state index contributed by atoms with van der Waals surface area (Å²) in [6, 6.07) is 7.31. The number of benzene rings is 1. The van der Waals surface area contributed by atoms with Crippen LogP contribution in [0.15, 0.2) is 28.9 Å². The molecule has 0 aliphatic rings. The molecule has 1 heterocycles. The van der Waals surface area contributed by atoms with Gasteiger partial charge in [0.05, 0.1) is 11.3 Å². The van der Waals surface area contributed by atoms with Gasteiger partial charge < -0.3 is 5.11 Å². The minimum atomic E-state index is -0.869. The summed E-state index contributed by atoms with van der Waals surface area (Å²) in [5.74, 6) is -0.869. The lowest BCUT2D eigenvalue weighted by Crippen LogP contribution is -1.98. The highest BCUT2D eigenvalue weighted by atomic mass is 79.9. The molecule has 17 heavy (non-hydrogen) atoms. The van der Waals surface area contributed by atoms with Gasteiger partial charge in [-0.25, -0.2) is 4.98 Å². The highest BCUT2D eigenvalue weighted by molar-refractivity contribution is 9.10. The van der Waals surface area contributed by atoms with Crippen LogP contribution in [0.5, 0.6) is 0 Å². The molecule has 0 atom stereocenters. The van der Waals surface area contributed by atoms with E-state index >= 15 is 0 Å². The number of nitrogens with zero attached hydrogens (tertiary/aromatic N) is 1. The van der Waals surface area contributed by atoms with Crippen LogP contribution < -0.4 is 0 Å². The summed E-state index contributed by atoms with van der Waals surface area (Å²) in [6.45, 7) is 0. The van der Waals surface area contributed by atoms with Crippen LogP contribution in [0, 0.1) is 0 Å². The molecule has 2 aromatic rings. The SMILES string of the molecule is O=C(O)Cc1sc(-c2cccc(Cl)c2)nc1Br. The van der Waals surface area contributed by atoms with Crippen molar-refractivity contribution in [3.63, 3.8) is 0 Å². The zero-order valence-electron chi connectivity index (χ0n) is 8.48. The number of carboxylic acid groups (broad SMARTS) is 1. The number of thiazole rings is 1. The second-order valence-corrected chi connectivity index (χ2v) is 5.59. The topological polar surface area (TPSA) is 50.2 Å². The van der Waals surface area contributed by atoms with Crippen molar-refractivity contribution in [2.24, 2.45) is 0 Å². The van der Waals surface area contributed by atoms with Crippen molar-refractivity contribution >= 4 is 44.8 Å². The van der Waals surface area contributed by atoms with Crippen LogP contribution in [-0.2, 0) is 11.2 Å². The summed E-state index contributed by atoms with van der Waals surface area (Å²) in [7, 11) is 0. The quantitative estimate of drug-likeness (QED) is 0.928. The van der Waals surface area contributed by atoms with Gasteiger partial charge in [-0.1, -0.05) is 23.7 Å². The van der Waals surface area contributed by atoms with Gasteiger partial charge in [-0.05, 0) is 28.1 Å². The third-order valence-corrected chi connectivity index (χ3v) is 4.29. The van der Waals surface area contributed by atoms with Crippen molar-refractivity contribution in [3.05, 3.63) is 38.8 Å². The second kappa shape index (κ2) is 5.16. The number of aliphatic carboxylic acids is 1. The number of rotatable bonds is 3. The highest BCUT2D eigenvalue weighted by Gasteiger charge is 2.13. The third-order valence-electron chi connectivity index (χ3n) is 2.03. The van der Waals surface area contributed by atoms with Crippen LogP contribution in [0.3, 0.4) is 0 Å². The van der Waals surface area contributed by atoms with Gasteiger partial charge in [0.25, 0.3) is 0 Å². The summed E-state index contributed by atoms with van der Waals surface area (Å²) < 4.78 is 0.583. The van der Waals surface area contributed by atoms with Gasteiger partial charge in [0.1, 0.15) is 9.61 Å². The van der Waals surface area contributed by atoms with Crippen molar-refractivity contribution in [1.29, 1.82) is 0 Å². The van der Waals surface area contributed by atoms with Crippen molar-refractivity contribution in [2.75, 3.05) is 0 Å². The Hall–Kier alpha value is -0.910. The maximum absolute atomic E-state index is 10.7. The van der Waals surface area contributed by atoms with E-state index in [0.717, 1.165) is 10.6 Å². The first-order valence-electron chi connectivity index (χ1n) is 4.69. The number of hydrogen-bond donors (Lipinski definition) is 1. The number of halogens is 2. The largest absolute Gasteiger partial charge is 0.481 e. The van der Waals surface area contributed by atoms with Gasteiger partial charge in [-0.3, -0.25) is 4.79 Å². The van der Waals surface area contributed by atoms with E-state index < -0.39 is 5.97 Å². The Bertz CT molecular complexity index is 570. The van der Waals surface area contributed by atoms with Crippen molar-refractivity contribution in [2.45, 2.75) is 6.42 Å². The molecule has 3 nitrogen and oxygen atoms in total. The fourth-order valence-corrected chi connectivity index (χ4v) is 3.13. The van der Waals surface area contributed by atoms with Crippen LogP contribution in [0.25, 0.3) is 10.6 Å². The fraction of sp³-hybridized carbons (Fsp3) is 0.0909. The first kappa shape index (κ1) is 12.5. The Balaban J connectivity index is 2.37. The van der Waals surface area contributed by atoms with E-state index in [1.54, 1.807) is 12.1 Å². The molecule has 2 rings (SSSR count). The van der Waals surface area contributed by atoms with Crippen molar-refractivity contribution in [3.8, 4) is 10.6 Å². The van der Waals surface area contributed by atoms with Crippen LogP contribution in [-0.4, -0.2) is 16.1 Å². The van der Waals surface area contributed by atoms with Crippen LogP contribution >= 0.6 is 38.9 Å². The molecule has 0 saturated heterocycles. The lowest BCUT2D eigenvalue weighted by Gasteiger charge is -1.95. The molecule has 0 radical (unpaired) electrons. The van der Waals surface area contributed by atoms with E-state index in [2.05, 4.69) is 20.9 Å². The average molecular weight is 333 g/mol. The normalized spacial score (nSPS) is 10.5. The first-order valence-corrected chi connectivity index (χ1v) is 6.68. The summed E-state index contributed by atoms with van der Waals surface area (Å²) in [4.78, 5) is 15.6. The van der Waals surface area contributed by atoms with Gasteiger partial charge in [-0.15, -0.1) is 11.3 Å². The summed E-state index contributed by atoms with van der Waals surface area (Å²) in [5, 5.41) is 10.1. The fourth-order valence-electron chi connectivity index (χ4n) is 1.32. The molecule has 0 amide bonds.